The highest BCUT2D eigenvalue weighted by atomic mass is 79.9. The Balaban J connectivity index is 2.08. The van der Waals surface area contributed by atoms with Crippen molar-refractivity contribution in [3.05, 3.63) is 51.9 Å². The highest BCUT2D eigenvalue weighted by molar-refractivity contribution is 9.10. The first-order valence-electron chi connectivity index (χ1n) is 6.95. The van der Waals surface area contributed by atoms with Crippen LogP contribution in [-0.4, -0.2) is 27.7 Å². The molecule has 6 nitrogen and oxygen atoms in total. The Morgan fingerprint density at radius 1 is 1.35 bits per heavy atom. The van der Waals surface area contributed by atoms with Crippen LogP contribution in [0.15, 0.2) is 35.2 Å². The largest absolute Gasteiger partial charge is 0.465 e. The van der Waals surface area contributed by atoms with Gasteiger partial charge in [-0.15, -0.1) is 0 Å². The van der Waals surface area contributed by atoms with Crippen LogP contribution >= 0.6 is 15.9 Å². The van der Waals surface area contributed by atoms with Crippen LogP contribution in [0.2, 0.25) is 0 Å². The third-order valence-corrected chi connectivity index (χ3v) is 4.54. The number of aromatic nitrogens is 3. The van der Waals surface area contributed by atoms with Gasteiger partial charge in [0.1, 0.15) is 11.8 Å². The molecule has 3 aromatic rings. The lowest BCUT2D eigenvalue weighted by molar-refractivity contribution is 0.0600. The van der Waals surface area contributed by atoms with E-state index in [2.05, 4.69) is 31.3 Å². The number of aryl methyl sites for hydroxylation is 2. The van der Waals surface area contributed by atoms with Gasteiger partial charge in [-0.25, -0.2) is 14.3 Å². The molecule has 0 saturated heterocycles. The van der Waals surface area contributed by atoms with Crippen LogP contribution < -0.4 is 5.32 Å². The average Bonchev–Trinajstić information content (AvgIpc) is 2.88. The van der Waals surface area contributed by atoms with E-state index in [1.54, 1.807) is 10.7 Å². The lowest BCUT2D eigenvalue weighted by atomic mass is 10.2. The molecule has 0 spiro atoms. The number of carbonyl (C=O) groups is 1. The van der Waals surface area contributed by atoms with Crippen molar-refractivity contribution in [2.75, 3.05) is 12.4 Å². The second-order valence-electron chi connectivity index (χ2n) is 5.15. The number of hydrogen-bond donors (Lipinski definition) is 1. The van der Waals surface area contributed by atoms with Crippen molar-refractivity contribution in [1.82, 2.24) is 14.6 Å². The number of anilines is 2. The van der Waals surface area contributed by atoms with Crippen molar-refractivity contribution >= 4 is 38.9 Å². The predicted molar refractivity (Wildman–Crippen MR) is 91.2 cm³/mol. The fourth-order valence-corrected chi connectivity index (χ4v) is 2.67. The summed E-state index contributed by atoms with van der Waals surface area (Å²) in [6.45, 7) is 3.87. The highest BCUT2D eigenvalue weighted by Gasteiger charge is 2.18. The number of ether oxygens (including phenoxy) is 1. The van der Waals surface area contributed by atoms with Crippen molar-refractivity contribution in [3.63, 3.8) is 0 Å². The van der Waals surface area contributed by atoms with Gasteiger partial charge in [-0.3, -0.25) is 0 Å². The standard InChI is InChI=1S/C16H15BrN4O2/c1-9-6-11(4-5-13(9)17)20-15-14-10(2)12(16(22)23-3)7-21(14)19-8-18-15/h4-8H,1-3H3,(H,18,19,20). The summed E-state index contributed by atoms with van der Waals surface area (Å²) in [5.74, 6) is 0.243. The zero-order valence-corrected chi connectivity index (χ0v) is 14.5. The zero-order chi connectivity index (χ0) is 16.6. The Hall–Kier alpha value is -2.41. The summed E-state index contributed by atoms with van der Waals surface area (Å²) >= 11 is 3.48. The zero-order valence-electron chi connectivity index (χ0n) is 12.9. The third kappa shape index (κ3) is 2.79. The van der Waals surface area contributed by atoms with E-state index in [4.69, 9.17) is 4.74 Å². The van der Waals surface area contributed by atoms with E-state index >= 15 is 0 Å². The van der Waals surface area contributed by atoms with E-state index in [1.807, 2.05) is 32.0 Å². The lowest BCUT2D eigenvalue weighted by Crippen LogP contribution is -2.01. The molecule has 0 atom stereocenters. The van der Waals surface area contributed by atoms with Crippen LogP contribution in [0.4, 0.5) is 11.5 Å². The molecule has 7 heteroatoms. The monoisotopic (exact) mass is 374 g/mol. The number of halogens is 1. The molecule has 0 aliphatic rings. The summed E-state index contributed by atoms with van der Waals surface area (Å²) in [7, 11) is 1.36. The molecule has 0 amide bonds. The number of carbonyl (C=O) groups excluding carboxylic acids is 1. The van der Waals surface area contributed by atoms with Crippen LogP contribution in [0, 0.1) is 13.8 Å². The van der Waals surface area contributed by atoms with E-state index < -0.39 is 5.97 Å². The van der Waals surface area contributed by atoms with Crippen molar-refractivity contribution in [3.8, 4) is 0 Å². The first-order valence-corrected chi connectivity index (χ1v) is 7.75. The SMILES string of the molecule is COC(=O)c1cn2ncnc(Nc3ccc(Br)c(C)c3)c2c1C. The van der Waals surface area contributed by atoms with Gasteiger partial charge in [-0.2, -0.15) is 5.10 Å². The fourth-order valence-electron chi connectivity index (χ4n) is 2.43. The van der Waals surface area contributed by atoms with Gasteiger partial charge in [0.05, 0.1) is 12.7 Å². The molecule has 1 N–H and O–H groups in total. The quantitative estimate of drug-likeness (QED) is 0.708. The van der Waals surface area contributed by atoms with Gasteiger partial charge in [0.25, 0.3) is 0 Å². The highest BCUT2D eigenvalue weighted by Crippen LogP contribution is 2.27. The van der Waals surface area contributed by atoms with E-state index in [9.17, 15) is 4.79 Å². The maximum absolute atomic E-state index is 11.8. The van der Waals surface area contributed by atoms with E-state index in [0.717, 1.165) is 26.8 Å². The molecule has 0 saturated carbocycles. The van der Waals surface area contributed by atoms with Crippen LogP contribution in [0.25, 0.3) is 5.52 Å². The number of benzene rings is 1. The van der Waals surface area contributed by atoms with Gasteiger partial charge < -0.3 is 10.1 Å². The molecule has 1 aromatic carbocycles. The third-order valence-electron chi connectivity index (χ3n) is 3.65. The molecule has 2 heterocycles. The number of nitrogens with zero attached hydrogens (tertiary/aromatic N) is 3. The summed E-state index contributed by atoms with van der Waals surface area (Å²) in [4.78, 5) is 16.2. The minimum Gasteiger partial charge on any atom is -0.465 e. The molecule has 0 aliphatic heterocycles. The Labute approximate surface area is 141 Å². The van der Waals surface area contributed by atoms with Gasteiger partial charge in [0.15, 0.2) is 5.82 Å². The number of hydrogen-bond acceptors (Lipinski definition) is 5. The predicted octanol–water partition coefficient (Wildman–Crippen LogP) is 3.64. The Kier molecular flexibility index (Phi) is 4.04. The van der Waals surface area contributed by atoms with Crippen molar-refractivity contribution in [2.45, 2.75) is 13.8 Å². The van der Waals surface area contributed by atoms with E-state index in [-0.39, 0.29) is 0 Å². The lowest BCUT2D eigenvalue weighted by Gasteiger charge is -2.09. The Bertz CT molecular complexity index is 904. The fraction of sp³-hybridized carbons (Fsp3) is 0.188. The molecule has 0 fully saturated rings. The van der Waals surface area contributed by atoms with Crippen LogP contribution in [0.1, 0.15) is 21.5 Å². The summed E-state index contributed by atoms with van der Waals surface area (Å²) in [6, 6.07) is 5.94. The molecule has 0 aliphatic carbocycles. The van der Waals surface area contributed by atoms with Gasteiger partial charge in [-0.05, 0) is 43.2 Å². The number of rotatable bonds is 3. The average molecular weight is 375 g/mol. The van der Waals surface area contributed by atoms with Gasteiger partial charge in [-0.1, -0.05) is 15.9 Å². The minimum atomic E-state index is -0.390. The maximum atomic E-state index is 11.8. The second kappa shape index (κ2) is 6.00. The first-order chi connectivity index (χ1) is 11.0. The van der Waals surface area contributed by atoms with Crippen molar-refractivity contribution in [2.24, 2.45) is 0 Å². The van der Waals surface area contributed by atoms with E-state index in [0.29, 0.717) is 11.4 Å². The summed E-state index contributed by atoms with van der Waals surface area (Å²) in [5.41, 5.74) is 4.01. The number of fused-ring (bicyclic) bond motifs is 1. The van der Waals surface area contributed by atoms with Crippen molar-refractivity contribution in [1.29, 1.82) is 0 Å². The van der Waals surface area contributed by atoms with E-state index in [1.165, 1.54) is 13.4 Å². The summed E-state index contributed by atoms with van der Waals surface area (Å²) in [5, 5.41) is 7.44. The number of methoxy groups -OCH3 is 1. The second-order valence-corrected chi connectivity index (χ2v) is 6.00. The molecule has 0 bridgehead atoms. The molecule has 0 unspecified atom stereocenters. The molecular formula is C16H15BrN4O2. The Morgan fingerprint density at radius 2 is 2.13 bits per heavy atom. The molecule has 0 radical (unpaired) electrons. The molecule has 2 aromatic heterocycles. The molecule has 23 heavy (non-hydrogen) atoms. The number of esters is 1. The van der Waals surface area contributed by atoms with Crippen LogP contribution in [-0.2, 0) is 4.74 Å². The van der Waals surface area contributed by atoms with Crippen LogP contribution in [0.5, 0.6) is 0 Å². The normalized spacial score (nSPS) is 10.8. The first kappa shape index (κ1) is 15.5. The molecular weight excluding hydrogens is 360 g/mol. The smallest absolute Gasteiger partial charge is 0.339 e. The van der Waals surface area contributed by atoms with Gasteiger partial charge in [0, 0.05) is 16.4 Å². The Morgan fingerprint density at radius 3 is 2.83 bits per heavy atom. The molecule has 118 valence electrons. The topological polar surface area (TPSA) is 68.5 Å². The minimum absolute atomic E-state index is 0.390. The summed E-state index contributed by atoms with van der Waals surface area (Å²) < 4.78 is 7.48. The maximum Gasteiger partial charge on any atom is 0.339 e. The van der Waals surface area contributed by atoms with Crippen LogP contribution in [0.3, 0.4) is 0 Å². The van der Waals surface area contributed by atoms with Gasteiger partial charge in [0.2, 0.25) is 0 Å². The summed E-state index contributed by atoms with van der Waals surface area (Å²) in [6.07, 6.45) is 3.09. The number of nitrogens with one attached hydrogen (secondary N) is 1. The molecule has 3 rings (SSSR count). The van der Waals surface area contributed by atoms with Gasteiger partial charge >= 0.3 is 5.97 Å². The van der Waals surface area contributed by atoms with Crippen molar-refractivity contribution < 1.29 is 9.53 Å².